The van der Waals surface area contributed by atoms with Gasteiger partial charge in [0, 0.05) is 37.8 Å². The van der Waals surface area contributed by atoms with E-state index in [1.165, 1.54) is 11.8 Å². The Morgan fingerprint density at radius 1 is 1.44 bits per heavy atom. The summed E-state index contributed by atoms with van der Waals surface area (Å²) >= 11 is 1.47. The number of nitrogens with zero attached hydrogens (tertiary/aromatic N) is 2. The molecule has 0 spiro atoms. The van der Waals surface area contributed by atoms with Gasteiger partial charge in [-0.25, -0.2) is 4.98 Å². The van der Waals surface area contributed by atoms with Gasteiger partial charge in [0.1, 0.15) is 10.8 Å². The van der Waals surface area contributed by atoms with E-state index in [0.29, 0.717) is 35.4 Å². The van der Waals surface area contributed by atoms with Gasteiger partial charge in [-0.3, -0.25) is 4.79 Å². The topological polar surface area (TPSA) is 77.2 Å². The number of aryl methyl sites for hydroxylation is 1. The molecule has 1 N–H and O–H groups in total. The van der Waals surface area contributed by atoms with Crippen molar-refractivity contribution in [3.63, 3.8) is 0 Å². The van der Waals surface area contributed by atoms with E-state index in [0.717, 1.165) is 24.5 Å². The Bertz CT molecular complexity index is 673. The molecule has 136 valence electrons. The molecule has 0 unspecified atom stereocenters. The summed E-state index contributed by atoms with van der Waals surface area (Å²) in [5.74, 6) is 1.79. The molecule has 0 bridgehead atoms. The molecule has 0 atom stereocenters. The zero-order valence-corrected chi connectivity index (χ0v) is 15.8. The molecule has 0 radical (unpaired) electrons. The number of thioether (sulfide) groups is 1. The lowest BCUT2D eigenvalue weighted by Gasteiger charge is -2.09. The Balaban J connectivity index is 1.81. The summed E-state index contributed by atoms with van der Waals surface area (Å²) in [5, 5.41) is 7.57. The highest BCUT2D eigenvalue weighted by Crippen LogP contribution is 2.24. The largest absolute Gasteiger partial charge is 0.381 e. The zero-order chi connectivity index (χ0) is 18.1. The van der Waals surface area contributed by atoms with E-state index >= 15 is 0 Å². The number of amides is 1. The Morgan fingerprint density at radius 3 is 3.00 bits per heavy atom. The average Bonchev–Trinajstić information content (AvgIpc) is 3.01. The Kier molecular flexibility index (Phi) is 7.94. The lowest BCUT2D eigenvalue weighted by molar-refractivity contribution is 0.0922. The van der Waals surface area contributed by atoms with Crippen molar-refractivity contribution in [1.82, 2.24) is 15.5 Å². The van der Waals surface area contributed by atoms with E-state index < -0.39 is 0 Å². The van der Waals surface area contributed by atoms with E-state index in [9.17, 15) is 4.79 Å². The number of hydrogen-bond donors (Lipinski definition) is 1. The molecular weight excluding hydrogens is 338 g/mol. The fourth-order valence-corrected chi connectivity index (χ4v) is 2.97. The number of carbonyl (C=O) groups is 1. The number of nitrogens with one attached hydrogen (secondary N) is 1. The summed E-state index contributed by atoms with van der Waals surface area (Å²) in [6.07, 6.45) is 2.48. The van der Waals surface area contributed by atoms with Crippen molar-refractivity contribution in [1.29, 1.82) is 0 Å². The molecule has 0 aliphatic rings. The summed E-state index contributed by atoms with van der Waals surface area (Å²) in [4.78, 5) is 16.7. The predicted molar refractivity (Wildman–Crippen MR) is 97.6 cm³/mol. The number of pyridine rings is 1. The van der Waals surface area contributed by atoms with Crippen LogP contribution in [0.25, 0.3) is 0 Å². The third-order valence-corrected chi connectivity index (χ3v) is 4.29. The van der Waals surface area contributed by atoms with Crippen LogP contribution in [0.1, 0.15) is 42.1 Å². The van der Waals surface area contributed by atoms with E-state index in [-0.39, 0.29) is 5.91 Å². The van der Waals surface area contributed by atoms with Crippen molar-refractivity contribution >= 4 is 17.7 Å². The monoisotopic (exact) mass is 363 g/mol. The Morgan fingerprint density at radius 2 is 2.28 bits per heavy atom. The first-order valence-electron chi connectivity index (χ1n) is 8.42. The Labute approximate surface area is 152 Å². The van der Waals surface area contributed by atoms with Crippen LogP contribution >= 0.6 is 11.8 Å². The van der Waals surface area contributed by atoms with Gasteiger partial charge in [0.25, 0.3) is 5.91 Å². The van der Waals surface area contributed by atoms with Gasteiger partial charge in [0.2, 0.25) is 0 Å². The van der Waals surface area contributed by atoms with Crippen molar-refractivity contribution < 1.29 is 14.1 Å². The number of aromatic nitrogens is 2. The van der Waals surface area contributed by atoms with Gasteiger partial charge in [-0.1, -0.05) is 30.8 Å². The molecule has 2 aromatic heterocycles. The highest BCUT2D eigenvalue weighted by atomic mass is 32.2. The standard InChI is InChI=1S/C18H25N3O3S/c1-13(2)11-23-9-5-8-19-17(22)16-6-4-7-20-18(16)25-12-15-10-14(3)24-21-15/h4,6-7,10,13H,5,8-9,11-12H2,1-3H3,(H,19,22). The van der Waals surface area contributed by atoms with Crippen LogP contribution in [0, 0.1) is 12.8 Å². The third-order valence-electron chi connectivity index (χ3n) is 3.25. The number of carbonyl (C=O) groups excluding carboxylic acids is 1. The van der Waals surface area contributed by atoms with Crippen LogP contribution < -0.4 is 5.32 Å². The highest BCUT2D eigenvalue weighted by molar-refractivity contribution is 7.98. The van der Waals surface area contributed by atoms with Gasteiger partial charge in [0.15, 0.2) is 0 Å². The van der Waals surface area contributed by atoms with Crippen LogP contribution in [-0.2, 0) is 10.5 Å². The maximum atomic E-state index is 12.4. The number of rotatable bonds is 10. The molecule has 2 heterocycles. The van der Waals surface area contributed by atoms with Gasteiger partial charge >= 0.3 is 0 Å². The molecule has 1 amide bonds. The summed E-state index contributed by atoms with van der Waals surface area (Å²) in [7, 11) is 0. The van der Waals surface area contributed by atoms with E-state index in [1.54, 1.807) is 18.3 Å². The van der Waals surface area contributed by atoms with Crippen LogP contribution in [0.15, 0.2) is 33.9 Å². The quantitative estimate of drug-likeness (QED) is 0.514. The molecule has 2 aromatic rings. The molecule has 0 fully saturated rings. The van der Waals surface area contributed by atoms with Crippen molar-refractivity contribution in [2.45, 2.75) is 38.0 Å². The first-order chi connectivity index (χ1) is 12.1. The molecule has 25 heavy (non-hydrogen) atoms. The minimum Gasteiger partial charge on any atom is -0.381 e. The normalized spacial score (nSPS) is 11.0. The molecule has 6 nitrogen and oxygen atoms in total. The first kappa shape index (κ1) is 19.5. The summed E-state index contributed by atoms with van der Waals surface area (Å²) in [6, 6.07) is 5.44. The lowest BCUT2D eigenvalue weighted by Crippen LogP contribution is -2.26. The second kappa shape index (κ2) is 10.2. The van der Waals surface area contributed by atoms with Crippen molar-refractivity contribution in [3.8, 4) is 0 Å². The molecule has 0 saturated heterocycles. The SMILES string of the molecule is Cc1cc(CSc2ncccc2C(=O)NCCCOCC(C)C)no1. The second-order valence-corrected chi connectivity index (χ2v) is 7.12. The summed E-state index contributed by atoms with van der Waals surface area (Å²) in [5.41, 5.74) is 1.41. The average molecular weight is 363 g/mol. The molecule has 0 aliphatic carbocycles. The molecule has 0 aliphatic heterocycles. The summed E-state index contributed by atoms with van der Waals surface area (Å²) in [6.45, 7) is 8.06. The van der Waals surface area contributed by atoms with E-state index in [2.05, 4.69) is 29.3 Å². The minimum absolute atomic E-state index is 0.115. The van der Waals surface area contributed by atoms with Crippen LogP contribution in [0.4, 0.5) is 0 Å². The molecule has 7 heteroatoms. The smallest absolute Gasteiger partial charge is 0.254 e. The van der Waals surface area contributed by atoms with Gasteiger partial charge in [-0.2, -0.15) is 0 Å². The van der Waals surface area contributed by atoms with Gasteiger partial charge in [-0.05, 0) is 31.4 Å². The van der Waals surface area contributed by atoms with Gasteiger partial charge in [0.05, 0.1) is 11.3 Å². The lowest BCUT2D eigenvalue weighted by atomic mass is 10.2. The fraction of sp³-hybridized carbons (Fsp3) is 0.500. The molecule has 0 saturated carbocycles. The molecular formula is C18H25N3O3S. The minimum atomic E-state index is -0.115. The number of hydrogen-bond acceptors (Lipinski definition) is 6. The van der Waals surface area contributed by atoms with E-state index in [4.69, 9.17) is 9.26 Å². The predicted octanol–water partition coefficient (Wildman–Crippen LogP) is 3.46. The maximum Gasteiger partial charge on any atom is 0.254 e. The third kappa shape index (κ3) is 6.88. The van der Waals surface area contributed by atoms with Crippen LogP contribution in [-0.4, -0.2) is 35.8 Å². The van der Waals surface area contributed by atoms with Crippen LogP contribution in [0.5, 0.6) is 0 Å². The fourth-order valence-electron chi connectivity index (χ4n) is 2.10. The second-order valence-electron chi connectivity index (χ2n) is 6.15. The Hall–Kier alpha value is -1.86. The van der Waals surface area contributed by atoms with Crippen molar-refractivity contribution in [2.24, 2.45) is 5.92 Å². The highest BCUT2D eigenvalue weighted by Gasteiger charge is 2.13. The maximum absolute atomic E-state index is 12.4. The molecule has 2 rings (SSSR count). The van der Waals surface area contributed by atoms with Crippen LogP contribution in [0.3, 0.4) is 0 Å². The zero-order valence-electron chi connectivity index (χ0n) is 14.9. The molecule has 0 aromatic carbocycles. The van der Waals surface area contributed by atoms with Crippen molar-refractivity contribution in [2.75, 3.05) is 19.8 Å². The van der Waals surface area contributed by atoms with Crippen molar-refractivity contribution in [3.05, 3.63) is 41.4 Å². The van der Waals surface area contributed by atoms with Gasteiger partial charge < -0.3 is 14.6 Å². The van der Waals surface area contributed by atoms with Crippen LogP contribution in [0.2, 0.25) is 0 Å². The first-order valence-corrected chi connectivity index (χ1v) is 9.40. The van der Waals surface area contributed by atoms with E-state index in [1.807, 2.05) is 13.0 Å². The van der Waals surface area contributed by atoms with Gasteiger partial charge in [-0.15, -0.1) is 0 Å². The summed E-state index contributed by atoms with van der Waals surface area (Å²) < 4.78 is 10.6. The number of ether oxygens (including phenoxy) is 1.